The summed E-state index contributed by atoms with van der Waals surface area (Å²) in [5.41, 5.74) is 1.32. The Bertz CT molecular complexity index is 255. The molecule has 0 atom stereocenters. The molecule has 11 heavy (non-hydrogen) atoms. The van der Waals surface area contributed by atoms with Gasteiger partial charge in [0.25, 0.3) is 0 Å². The number of hydrogen-bond donors (Lipinski definition) is 1. The molecular weight excluding hydrogens is 156 g/mol. The van der Waals surface area contributed by atoms with Crippen molar-refractivity contribution in [3.05, 3.63) is 29.8 Å². The molecular formula is C9H10OS. The average Bonchev–Trinajstić information content (AvgIpc) is 1.90. The van der Waals surface area contributed by atoms with Crippen molar-refractivity contribution in [3.63, 3.8) is 0 Å². The van der Waals surface area contributed by atoms with E-state index in [1.807, 2.05) is 18.2 Å². The first-order valence-electron chi connectivity index (χ1n) is 3.73. The Hall–Kier alpha value is -0.470. The SMILES string of the molecule is Sc1ccccc1C1COC1. The standard InChI is InChI=1S/C9H10OS/c11-9-4-2-1-3-8(9)7-5-10-6-7/h1-4,7,11H,5-6H2. The van der Waals surface area contributed by atoms with Crippen molar-refractivity contribution in [3.8, 4) is 0 Å². The number of ether oxygens (including phenoxy) is 1. The van der Waals surface area contributed by atoms with Crippen molar-refractivity contribution in [1.29, 1.82) is 0 Å². The zero-order valence-electron chi connectivity index (χ0n) is 6.16. The first-order valence-corrected chi connectivity index (χ1v) is 4.18. The van der Waals surface area contributed by atoms with Crippen molar-refractivity contribution >= 4 is 12.6 Å². The Kier molecular flexibility index (Phi) is 1.88. The summed E-state index contributed by atoms with van der Waals surface area (Å²) in [7, 11) is 0. The molecule has 1 aromatic rings. The van der Waals surface area contributed by atoms with Crippen LogP contribution in [0.15, 0.2) is 29.2 Å². The van der Waals surface area contributed by atoms with Crippen LogP contribution in [0.3, 0.4) is 0 Å². The van der Waals surface area contributed by atoms with Gasteiger partial charge in [-0.05, 0) is 11.6 Å². The molecule has 0 unspecified atom stereocenters. The molecule has 58 valence electrons. The van der Waals surface area contributed by atoms with E-state index < -0.39 is 0 Å². The maximum Gasteiger partial charge on any atom is 0.0557 e. The third-order valence-electron chi connectivity index (χ3n) is 2.01. The Morgan fingerprint density at radius 1 is 1.27 bits per heavy atom. The van der Waals surface area contributed by atoms with E-state index >= 15 is 0 Å². The summed E-state index contributed by atoms with van der Waals surface area (Å²) in [5.74, 6) is 0.587. The van der Waals surface area contributed by atoms with Crippen molar-refractivity contribution in [2.75, 3.05) is 13.2 Å². The largest absolute Gasteiger partial charge is 0.380 e. The summed E-state index contributed by atoms with van der Waals surface area (Å²) < 4.78 is 5.11. The summed E-state index contributed by atoms with van der Waals surface area (Å²) >= 11 is 4.37. The summed E-state index contributed by atoms with van der Waals surface area (Å²) in [6.45, 7) is 1.72. The van der Waals surface area contributed by atoms with Crippen molar-refractivity contribution in [2.24, 2.45) is 0 Å². The molecule has 0 N–H and O–H groups in total. The van der Waals surface area contributed by atoms with E-state index in [-0.39, 0.29) is 0 Å². The van der Waals surface area contributed by atoms with Crippen molar-refractivity contribution < 1.29 is 4.74 Å². The maximum absolute atomic E-state index is 5.11. The maximum atomic E-state index is 5.11. The van der Waals surface area contributed by atoms with Crippen LogP contribution in [-0.2, 0) is 4.74 Å². The lowest BCUT2D eigenvalue weighted by Crippen LogP contribution is -2.25. The molecule has 1 aromatic carbocycles. The van der Waals surface area contributed by atoms with E-state index in [4.69, 9.17) is 4.74 Å². The lowest BCUT2D eigenvalue weighted by atomic mass is 9.98. The van der Waals surface area contributed by atoms with Gasteiger partial charge in [0.2, 0.25) is 0 Å². The highest BCUT2D eigenvalue weighted by Crippen LogP contribution is 2.28. The molecule has 0 bridgehead atoms. The van der Waals surface area contributed by atoms with Gasteiger partial charge in [0.1, 0.15) is 0 Å². The Labute approximate surface area is 71.8 Å². The minimum absolute atomic E-state index is 0.587. The Balaban J connectivity index is 2.28. The molecule has 0 aromatic heterocycles. The molecule has 1 saturated heterocycles. The molecule has 1 heterocycles. The highest BCUT2D eigenvalue weighted by molar-refractivity contribution is 7.80. The molecule has 0 saturated carbocycles. The highest BCUT2D eigenvalue weighted by atomic mass is 32.1. The normalized spacial score (nSPS) is 17.9. The molecule has 2 rings (SSSR count). The molecule has 2 heteroatoms. The van der Waals surface area contributed by atoms with Gasteiger partial charge in [-0.2, -0.15) is 0 Å². The van der Waals surface area contributed by atoms with Crippen LogP contribution in [0.25, 0.3) is 0 Å². The number of rotatable bonds is 1. The number of thiol groups is 1. The van der Waals surface area contributed by atoms with E-state index in [0.717, 1.165) is 18.1 Å². The van der Waals surface area contributed by atoms with Crippen LogP contribution in [0.5, 0.6) is 0 Å². The molecule has 0 spiro atoms. The first-order chi connectivity index (χ1) is 5.38. The van der Waals surface area contributed by atoms with Gasteiger partial charge in [0.05, 0.1) is 13.2 Å². The van der Waals surface area contributed by atoms with E-state index in [1.165, 1.54) is 5.56 Å². The fraction of sp³-hybridized carbons (Fsp3) is 0.333. The molecule has 0 radical (unpaired) electrons. The van der Waals surface area contributed by atoms with Crippen LogP contribution < -0.4 is 0 Å². The third kappa shape index (κ3) is 1.28. The Morgan fingerprint density at radius 3 is 2.55 bits per heavy atom. The van der Waals surface area contributed by atoms with Crippen LogP contribution >= 0.6 is 12.6 Å². The zero-order chi connectivity index (χ0) is 7.68. The third-order valence-corrected chi connectivity index (χ3v) is 2.42. The second-order valence-corrected chi connectivity index (χ2v) is 3.28. The first kappa shape index (κ1) is 7.19. The van der Waals surface area contributed by atoms with E-state index in [2.05, 4.69) is 18.7 Å². The second-order valence-electron chi connectivity index (χ2n) is 2.79. The van der Waals surface area contributed by atoms with Crippen molar-refractivity contribution in [1.82, 2.24) is 0 Å². The number of hydrogen-bond acceptors (Lipinski definition) is 2. The van der Waals surface area contributed by atoms with Gasteiger partial charge in [-0.25, -0.2) is 0 Å². The van der Waals surface area contributed by atoms with E-state index in [9.17, 15) is 0 Å². The van der Waals surface area contributed by atoms with Gasteiger partial charge in [-0.1, -0.05) is 18.2 Å². The summed E-state index contributed by atoms with van der Waals surface area (Å²) in [6, 6.07) is 8.20. The fourth-order valence-electron chi connectivity index (χ4n) is 1.25. The summed E-state index contributed by atoms with van der Waals surface area (Å²) in [4.78, 5) is 1.08. The molecule has 1 nitrogen and oxygen atoms in total. The van der Waals surface area contributed by atoms with Crippen LogP contribution in [0.2, 0.25) is 0 Å². The van der Waals surface area contributed by atoms with Crippen LogP contribution in [0.1, 0.15) is 11.5 Å². The molecule has 0 amide bonds. The summed E-state index contributed by atoms with van der Waals surface area (Å²) in [5, 5.41) is 0. The topological polar surface area (TPSA) is 9.23 Å². The monoisotopic (exact) mass is 166 g/mol. The lowest BCUT2D eigenvalue weighted by molar-refractivity contribution is 0.00741. The smallest absolute Gasteiger partial charge is 0.0557 e. The predicted molar refractivity (Wildman–Crippen MR) is 47.3 cm³/mol. The lowest BCUT2D eigenvalue weighted by Gasteiger charge is -2.27. The van der Waals surface area contributed by atoms with E-state index in [1.54, 1.807) is 0 Å². The molecule has 1 fully saturated rings. The van der Waals surface area contributed by atoms with Crippen LogP contribution in [-0.4, -0.2) is 13.2 Å². The summed E-state index contributed by atoms with van der Waals surface area (Å²) in [6.07, 6.45) is 0. The Morgan fingerprint density at radius 2 is 2.00 bits per heavy atom. The van der Waals surface area contributed by atoms with Gasteiger partial charge in [0.15, 0.2) is 0 Å². The van der Waals surface area contributed by atoms with E-state index in [0.29, 0.717) is 5.92 Å². The van der Waals surface area contributed by atoms with Gasteiger partial charge < -0.3 is 4.74 Å². The number of benzene rings is 1. The highest BCUT2D eigenvalue weighted by Gasteiger charge is 2.21. The molecule has 1 aliphatic heterocycles. The van der Waals surface area contributed by atoms with Crippen LogP contribution in [0.4, 0.5) is 0 Å². The minimum Gasteiger partial charge on any atom is -0.380 e. The minimum atomic E-state index is 0.587. The molecule has 0 aliphatic carbocycles. The second kappa shape index (κ2) is 2.88. The van der Waals surface area contributed by atoms with Gasteiger partial charge >= 0.3 is 0 Å². The predicted octanol–water partition coefficient (Wildman–Crippen LogP) is 2.09. The molecule has 1 aliphatic rings. The van der Waals surface area contributed by atoms with Gasteiger partial charge in [-0.15, -0.1) is 12.6 Å². The quantitative estimate of drug-likeness (QED) is 0.628. The van der Waals surface area contributed by atoms with Gasteiger partial charge in [0, 0.05) is 10.8 Å². The fourth-order valence-corrected chi connectivity index (χ4v) is 1.59. The van der Waals surface area contributed by atoms with Gasteiger partial charge in [-0.3, -0.25) is 0 Å². The van der Waals surface area contributed by atoms with Crippen molar-refractivity contribution in [2.45, 2.75) is 10.8 Å². The van der Waals surface area contributed by atoms with Crippen LogP contribution in [0, 0.1) is 0 Å². The zero-order valence-corrected chi connectivity index (χ0v) is 7.05. The average molecular weight is 166 g/mol.